The summed E-state index contributed by atoms with van der Waals surface area (Å²) in [5.41, 5.74) is 1.09. The smallest absolute Gasteiger partial charge is 0.191 e. The fourth-order valence-corrected chi connectivity index (χ4v) is 3.93. The average molecular weight is 425 g/mol. The normalized spacial score (nSPS) is 12.1. The highest BCUT2D eigenvalue weighted by atomic mass is 32.2. The van der Waals surface area contributed by atoms with Crippen molar-refractivity contribution in [1.29, 1.82) is 0 Å². The van der Waals surface area contributed by atoms with Crippen molar-refractivity contribution in [2.24, 2.45) is 4.99 Å². The first-order chi connectivity index (χ1) is 13.3. The lowest BCUT2D eigenvalue weighted by atomic mass is 10.3. The molecule has 0 atom stereocenters. The zero-order chi connectivity index (χ0) is 20.6. The summed E-state index contributed by atoms with van der Waals surface area (Å²) in [5, 5.41) is 7.55. The standard InChI is InChI=1S/C19H28N4O3S2/c1-5-20-19(21-11-10-18-23-14(2)15(3)27-18)22-12-13-26-16-6-8-17(9-7-16)28(4,24)25/h6-9H,5,10-13H2,1-4H3,(H2,20,21,22). The van der Waals surface area contributed by atoms with Crippen molar-refractivity contribution in [2.45, 2.75) is 32.1 Å². The van der Waals surface area contributed by atoms with Crippen LogP contribution in [0.25, 0.3) is 0 Å². The van der Waals surface area contributed by atoms with Gasteiger partial charge in [-0.15, -0.1) is 11.3 Å². The van der Waals surface area contributed by atoms with Crippen LogP contribution in [0.2, 0.25) is 0 Å². The largest absolute Gasteiger partial charge is 0.492 e. The van der Waals surface area contributed by atoms with Gasteiger partial charge in [0.25, 0.3) is 0 Å². The van der Waals surface area contributed by atoms with Crippen molar-refractivity contribution in [2.75, 3.05) is 32.5 Å². The zero-order valence-corrected chi connectivity index (χ0v) is 18.4. The predicted octanol–water partition coefficient (Wildman–Crippen LogP) is 2.34. The second-order valence-corrected chi connectivity index (χ2v) is 9.58. The van der Waals surface area contributed by atoms with E-state index in [2.05, 4.69) is 27.5 Å². The van der Waals surface area contributed by atoms with Crippen LogP contribution in [0, 0.1) is 13.8 Å². The Morgan fingerprint density at radius 1 is 1.21 bits per heavy atom. The first-order valence-corrected chi connectivity index (χ1v) is 11.9. The predicted molar refractivity (Wildman–Crippen MR) is 114 cm³/mol. The number of nitrogens with zero attached hydrogens (tertiary/aromatic N) is 2. The number of aryl methyl sites for hydroxylation is 2. The van der Waals surface area contributed by atoms with Crippen molar-refractivity contribution < 1.29 is 13.2 Å². The van der Waals surface area contributed by atoms with Gasteiger partial charge in [0.05, 0.1) is 22.1 Å². The summed E-state index contributed by atoms with van der Waals surface area (Å²) in [5.74, 6) is 1.37. The lowest BCUT2D eigenvalue weighted by Crippen LogP contribution is -2.39. The summed E-state index contributed by atoms with van der Waals surface area (Å²) in [6.45, 7) is 8.58. The highest BCUT2D eigenvalue weighted by molar-refractivity contribution is 7.90. The van der Waals surface area contributed by atoms with E-state index in [1.54, 1.807) is 35.6 Å². The maximum atomic E-state index is 11.5. The van der Waals surface area contributed by atoms with Crippen molar-refractivity contribution in [3.8, 4) is 5.75 Å². The Morgan fingerprint density at radius 3 is 2.50 bits per heavy atom. The number of ether oxygens (including phenoxy) is 1. The van der Waals surface area contributed by atoms with Gasteiger partial charge in [-0.25, -0.2) is 13.4 Å². The van der Waals surface area contributed by atoms with E-state index in [0.717, 1.165) is 29.6 Å². The number of hydrogen-bond acceptors (Lipinski definition) is 6. The van der Waals surface area contributed by atoms with Gasteiger partial charge in [-0.1, -0.05) is 0 Å². The van der Waals surface area contributed by atoms with Gasteiger partial charge in [0.2, 0.25) is 0 Å². The third kappa shape index (κ3) is 7.12. The van der Waals surface area contributed by atoms with E-state index in [1.807, 2.05) is 13.8 Å². The second kappa shape index (κ2) is 10.4. The van der Waals surface area contributed by atoms with Gasteiger partial charge in [-0.3, -0.25) is 4.99 Å². The minimum Gasteiger partial charge on any atom is -0.492 e. The van der Waals surface area contributed by atoms with E-state index in [9.17, 15) is 8.42 Å². The molecule has 154 valence electrons. The third-order valence-corrected chi connectivity index (χ3v) is 6.19. The average Bonchev–Trinajstić information content (AvgIpc) is 2.96. The number of benzene rings is 1. The van der Waals surface area contributed by atoms with Crippen molar-refractivity contribution in [1.82, 2.24) is 15.6 Å². The molecule has 2 rings (SSSR count). The fraction of sp³-hybridized carbons (Fsp3) is 0.474. The van der Waals surface area contributed by atoms with Crippen LogP contribution in [0.3, 0.4) is 0 Å². The van der Waals surface area contributed by atoms with Crippen LogP contribution in [-0.4, -0.2) is 51.9 Å². The van der Waals surface area contributed by atoms with Gasteiger partial charge in [0, 0.05) is 30.6 Å². The van der Waals surface area contributed by atoms with Gasteiger partial charge in [0.15, 0.2) is 15.8 Å². The minimum atomic E-state index is -3.19. The maximum Gasteiger partial charge on any atom is 0.191 e. The number of rotatable bonds is 9. The van der Waals surface area contributed by atoms with E-state index in [-0.39, 0.29) is 4.90 Å². The molecule has 0 spiro atoms. The molecule has 1 heterocycles. The van der Waals surface area contributed by atoms with Gasteiger partial charge >= 0.3 is 0 Å². The number of hydrogen-bond donors (Lipinski definition) is 2. The Bertz CT molecular complexity index is 871. The Balaban J connectivity index is 1.77. The minimum absolute atomic E-state index is 0.283. The monoisotopic (exact) mass is 424 g/mol. The number of guanidine groups is 1. The maximum absolute atomic E-state index is 11.5. The molecule has 0 saturated carbocycles. The molecule has 0 fully saturated rings. The topological polar surface area (TPSA) is 92.7 Å². The quantitative estimate of drug-likeness (QED) is 0.365. The molecule has 0 saturated heterocycles. The summed E-state index contributed by atoms with van der Waals surface area (Å²) >= 11 is 1.72. The Kier molecular flexibility index (Phi) is 8.25. The highest BCUT2D eigenvalue weighted by Crippen LogP contribution is 2.17. The van der Waals surface area contributed by atoms with E-state index >= 15 is 0 Å². The summed E-state index contributed by atoms with van der Waals surface area (Å²) in [4.78, 5) is 10.6. The molecule has 7 nitrogen and oxygen atoms in total. The van der Waals surface area contributed by atoms with Crippen LogP contribution in [0.5, 0.6) is 5.75 Å². The van der Waals surface area contributed by atoms with Crippen LogP contribution in [0.4, 0.5) is 0 Å². The van der Waals surface area contributed by atoms with Gasteiger partial charge < -0.3 is 15.4 Å². The molecule has 0 aliphatic heterocycles. The summed E-state index contributed by atoms with van der Waals surface area (Å²) < 4.78 is 28.6. The summed E-state index contributed by atoms with van der Waals surface area (Å²) in [6.07, 6.45) is 2.00. The third-order valence-electron chi connectivity index (χ3n) is 3.93. The lowest BCUT2D eigenvalue weighted by molar-refractivity contribution is 0.321. The molecular weight excluding hydrogens is 396 g/mol. The second-order valence-electron chi connectivity index (χ2n) is 6.28. The number of nitrogens with one attached hydrogen (secondary N) is 2. The summed E-state index contributed by atoms with van der Waals surface area (Å²) in [6, 6.07) is 6.42. The molecule has 0 aliphatic rings. The first kappa shape index (κ1) is 22.2. The summed E-state index contributed by atoms with van der Waals surface area (Å²) in [7, 11) is -3.19. The molecule has 1 aromatic heterocycles. The molecule has 0 unspecified atom stereocenters. The van der Waals surface area contributed by atoms with E-state index in [1.165, 1.54) is 11.1 Å². The number of aliphatic imine (C=N–C) groups is 1. The van der Waals surface area contributed by atoms with Crippen LogP contribution in [0.15, 0.2) is 34.2 Å². The van der Waals surface area contributed by atoms with E-state index in [4.69, 9.17) is 4.74 Å². The van der Waals surface area contributed by atoms with Crippen molar-refractivity contribution >= 4 is 27.1 Å². The fourth-order valence-electron chi connectivity index (χ4n) is 2.37. The molecule has 2 aromatic rings. The number of aromatic nitrogens is 1. The van der Waals surface area contributed by atoms with Crippen LogP contribution in [-0.2, 0) is 16.3 Å². The number of sulfone groups is 1. The molecule has 0 radical (unpaired) electrons. The van der Waals surface area contributed by atoms with Crippen LogP contribution < -0.4 is 15.4 Å². The van der Waals surface area contributed by atoms with E-state index in [0.29, 0.717) is 25.4 Å². The van der Waals surface area contributed by atoms with Gasteiger partial charge in [-0.05, 0) is 45.0 Å². The Hall–Kier alpha value is -2.13. The number of thiazole rings is 1. The van der Waals surface area contributed by atoms with Crippen molar-refractivity contribution in [3.63, 3.8) is 0 Å². The molecular formula is C19H28N4O3S2. The lowest BCUT2D eigenvalue weighted by Gasteiger charge is -2.12. The molecule has 2 N–H and O–H groups in total. The molecule has 1 aromatic carbocycles. The van der Waals surface area contributed by atoms with Crippen LogP contribution in [0.1, 0.15) is 22.5 Å². The molecule has 0 aliphatic carbocycles. The van der Waals surface area contributed by atoms with Gasteiger partial charge in [-0.2, -0.15) is 0 Å². The first-order valence-electron chi connectivity index (χ1n) is 9.17. The van der Waals surface area contributed by atoms with Gasteiger partial charge in [0.1, 0.15) is 12.4 Å². The Labute approximate surface area is 171 Å². The molecule has 0 bridgehead atoms. The van der Waals surface area contributed by atoms with Crippen LogP contribution >= 0.6 is 11.3 Å². The SMILES string of the molecule is CCNC(=NCCc1nc(C)c(C)s1)NCCOc1ccc(S(C)(=O)=O)cc1. The highest BCUT2D eigenvalue weighted by Gasteiger charge is 2.06. The molecule has 28 heavy (non-hydrogen) atoms. The molecule has 0 amide bonds. The zero-order valence-electron chi connectivity index (χ0n) is 16.8. The molecule has 9 heteroatoms. The Morgan fingerprint density at radius 2 is 1.93 bits per heavy atom. The van der Waals surface area contributed by atoms with E-state index < -0.39 is 9.84 Å². The van der Waals surface area contributed by atoms with Crippen molar-refractivity contribution in [3.05, 3.63) is 39.8 Å².